The number of hydrogen-bond donors (Lipinski definition) is 4. The van der Waals surface area contributed by atoms with Gasteiger partial charge in [0.25, 0.3) is 0 Å². The maximum atomic E-state index is 12.4. The predicted molar refractivity (Wildman–Crippen MR) is 108 cm³/mol. The number of hydrazine groups is 1. The number of nitrogens with one attached hydrogen (secondary N) is 3. The number of hydrogen-bond acceptors (Lipinski definition) is 7. The summed E-state index contributed by atoms with van der Waals surface area (Å²) in [6.07, 6.45) is 1.20. The monoisotopic (exact) mass is 442 g/mol. The lowest BCUT2D eigenvalue weighted by atomic mass is 10.3. The SMILES string of the molecule is CCN(CC)S(=O)(=O)c1ccc(NNC(=O)Nc2ccc(S(N)(=O)=O)cc2)nc1. The van der Waals surface area contributed by atoms with Crippen molar-refractivity contribution in [3.05, 3.63) is 42.6 Å². The minimum absolute atomic E-state index is 0.0474. The molecule has 1 aromatic carbocycles. The minimum Gasteiger partial charge on any atom is -0.307 e. The highest BCUT2D eigenvalue weighted by Gasteiger charge is 2.21. The molecule has 11 nitrogen and oxygen atoms in total. The molecule has 0 saturated carbocycles. The number of benzene rings is 1. The first kappa shape index (κ1) is 22.5. The summed E-state index contributed by atoms with van der Waals surface area (Å²) in [6.45, 7) is 4.18. The average molecular weight is 443 g/mol. The molecule has 0 fully saturated rings. The number of carbonyl (C=O) groups excluding carboxylic acids is 1. The van der Waals surface area contributed by atoms with Crippen LogP contribution in [0.2, 0.25) is 0 Å². The van der Waals surface area contributed by atoms with Crippen molar-refractivity contribution in [2.45, 2.75) is 23.6 Å². The van der Waals surface area contributed by atoms with Crippen LogP contribution in [-0.4, -0.2) is 45.2 Å². The molecule has 29 heavy (non-hydrogen) atoms. The molecule has 0 aliphatic rings. The van der Waals surface area contributed by atoms with E-state index in [-0.39, 0.29) is 15.6 Å². The molecular weight excluding hydrogens is 420 g/mol. The Morgan fingerprint density at radius 1 is 1.00 bits per heavy atom. The minimum atomic E-state index is -3.81. The first-order valence-electron chi connectivity index (χ1n) is 8.50. The topological polar surface area (TPSA) is 164 Å². The Morgan fingerprint density at radius 3 is 2.07 bits per heavy atom. The van der Waals surface area contributed by atoms with E-state index in [1.807, 2.05) is 0 Å². The number of sulfonamides is 2. The van der Waals surface area contributed by atoms with Crippen LogP contribution in [0.3, 0.4) is 0 Å². The zero-order valence-corrected chi connectivity index (χ0v) is 17.4. The second-order valence-electron chi connectivity index (χ2n) is 5.74. The number of urea groups is 1. The molecule has 158 valence electrons. The van der Waals surface area contributed by atoms with Crippen LogP contribution in [0.25, 0.3) is 0 Å². The van der Waals surface area contributed by atoms with Crippen LogP contribution < -0.4 is 21.3 Å². The Hall–Kier alpha value is -2.74. The number of aromatic nitrogens is 1. The van der Waals surface area contributed by atoms with Gasteiger partial charge in [0.15, 0.2) is 0 Å². The van der Waals surface area contributed by atoms with Crippen molar-refractivity contribution in [2.24, 2.45) is 5.14 Å². The molecule has 0 aliphatic heterocycles. The number of carbonyl (C=O) groups is 1. The van der Waals surface area contributed by atoms with Gasteiger partial charge in [0.1, 0.15) is 10.7 Å². The standard InChI is InChI=1S/C16H22N6O5S2/c1-3-22(4-2)29(26,27)14-9-10-15(18-11-14)20-21-16(23)19-12-5-7-13(8-6-12)28(17,24)25/h5-11H,3-4H2,1-2H3,(H,18,20)(H2,17,24,25)(H2,19,21,23). The highest BCUT2D eigenvalue weighted by atomic mass is 32.2. The van der Waals surface area contributed by atoms with E-state index in [4.69, 9.17) is 5.14 Å². The van der Waals surface area contributed by atoms with Crippen LogP contribution in [0.15, 0.2) is 52.4 Å². The van der Waals surface area contributed by atoms with Gasteiger partial charge >= 0.3 is 6.03 Å². The number of anilines is 2. The van der Waals surface area contributed by atoms with Gasteiger partial charge in [-0.15, -0.1) is 0 Å². The zero-order chi connectivity index (χ0) is 21.7. The lowest BCUT2D eigenvalue weighted by Gasteiger charge is -2.18. The molecule has 0 saturated heterocycles. The van der Waals surface area contributed by atoms with Crippen LogP contribution in [0.4, 0.5) is 16.3 Å². The fourth-order valence-corrected chi connectivity index (χ4v) is 4.25. The second kappa shape index (κ2) is 9.17. The van der Waals surface area contributed by atoms with E-state index in [1.54, 1.807) is 13.8 Å². The number of rotatable bonds is 8. The molecule has 2 aromatic rings. The smallest absolute Gasteiger partial charge is 0.307 e. The third kappa shape index (κ3) is 5.87. The Bertz CT molecular complexity index is 1050. The first-order chi connectivity index (χ1) is 13.6. The predicted octanol–water partition coefficient (Wildman–Crippen LogP) is 0.908. The molecule has 1 heterocycles. The first-order valence-corrected chi connectivity index (χ1v) is 11.5. The van der Waals surface area contributed by atoms with Crippen molar-refractivity contribution in [1.82, 2.24) is 14.7 Å². The molecule has 0 radical (unpaired) electrons. The van der Waals surface area contributed by atoms with Crippen molar-refractivity contribution in [3.63, 3.8) is 0 Å². The molecule has 1 aromatic heterocycles. The van der Waals surface area contributed by atoms with Crippen LogP contribution in [0, 0.1) is 0 Å². The van der Waals surface area contributed by atoms with Gasteiger partial charge in [-0.25, -0.2) is 31.8 Å². The summed E-state index contributed by atoms with van der Waals surface area (Å²) in [7, 11) is -7.42. The molecule has 0 bridgehead atoms. The summed E-state index contributed by atoms with van der Waals surface area (Å²) in [4.78, 5) is 15.8. The summed E-state index contributed by atoms with van der Waals surface area (Å²) >= 11 is 0. The van der Waals surface area contributed by atoms with E-state index in [2.05, 4.69) is 21.2 Å². The van der Waals surface area contributed by atoms with Gasteiger partial charge in [-0.3, -0.25) is 10.9 Å². The highest BCUT2D eigenvalue weighted by Crippen LogP contribution is 2.16. The maximum absolute atomic E-state index is 12.4. The Kier molecular flexibility index (Phi) is 7.13. The summed E-state index contributed by atoms with van der Waals surface area (Å²) in [5, 5.41) is 7.48. The number of nitrogens with zero attached hydrogens (tertiary/aromatic N) is 2. The Balaban J connectivity index is 1.95. The van der Waals surface area contributed by atoms with Crippen LogP contribution >= 0.6 is 0 Å². The van der Waals surface area contributed by atoms with Gasteiger partial charge < -0.3 is 5.32 Å². The fourth-order valence-electron chi connectivity index (χ4n) is 2.33. The summed E-state index contributed by atoms with van der Waals surface area (Å²) < 4.78 is 48.5. The lowest BCUT2D eigenvalue weighted by molar-refractivity contribution is 0.254. The van der Waals surface area contributed by atoms with Crippen LogP contribution in [0.5, 0.6) is 0 Å². The van der Waals surface area contributed by atoms with Gasteiger partial charge in [-0.1, -0.05) is 13.8 Å². The second-order valence-corrected chi connectivity index (χ2v) is 9.24. The normalized spacial score (nSPS) is 11.9. The summed E-state index contributed by atoms with van der Waals surface area (Å²) in [6, 6.07) is 7.43. The molecule has 2 amide bonds. The third-order valence-corrected chi connectivity index (χ3v) is 6.79. The maximum Gasteiger partial charge on any atom is 0.337 e. The zero-order valence-electron chi connectivity index (χ0n) is 15.8. The highest BCUT2D eigenvalue weighted by molar-refractivity contribution is 7.89. The van der Waals surface area contributed by atoms with E-state index in [0.29, 0.717) is 18.8 Å². The molecule has 0 atom stereocenters. The summed E-state index contributed by atoms with van der Waals surface area (Å²) in [5.74, 6) is 0.225. The molecule has 5 N–H and O–H groups in total. The van der Waals surface area contributed by atoms with E-state index in [9.17, 15) is 21.6 Å². The number of pyridine rings is 1. The van der Waals surface area contributed by atoms with Crippen molar-refractivity contribution in [1.29, 1.82) is 0 Å². The molecule has 0 spiro atoms. The van der Waals surface area contributed by atoms with Crippen molar-refractivity contribution in [2.75, 3.05) is 23.8 Å². The molecule has 0 aliphatic carbocycles. The van der Waals surface area contributed by atoms with Crippen molar-refractivity contribution >= 4 is 37.6 Å². The van der Waals surface area contributed by atoms with Gasteiger partial charge in [0, 0.05) is 25.0 Å². The average Bonchev–Trinajstić information content (AvgIpc) is 2.67. The number of nitrogens with two attached hydrogens (primary N) is 1. The largest absolute Gasteiger partial charge is 0.337 e. The van der Waals surface area contributed by atoms with E-state index in [1.165, 1.54) is 46.9 Å². The Morgan fingerprint density at radius 2 is 1.59 bits per heavy atom. The van der Waals surface area contributed by atoms with E-state index >= 15 is 0 Å². The van der Waals surface area contributed by atoms with E-state index in [0.717, 1.165) is 0 Å². The molecule has 2 rings (SSSR count). The lowest BCUT2D eigenvalue weighted by Crippen LogP contribution is -2.34. The van der Waals surface area contributed by atoms with Gasteiger partial charge in [-0.2, -0.15) is 4.31 Å². The van der Waals surface area contributed by atoms with Gasteiger partial charge in [-0.05, 0) is 36.4 Å². The van der Waals surface area contributed by atoms with Crippen molar-refractivity contribution in [3.8, 4) is 0 Å². The molecular formula is C16H22N6O5S2. The van der Waals surface area contributed by atoms with E-state index < -0.39 is 26.1 Å². The van der Waals surface area contributed by atoms with Gasteiger partial charge in [0.2, 0.25) is 20.0 Å². The van der Waals surface area contributed by atoms with Crippen molar-refractivity contribution < 1.29 is 21.6 Å². The quantitative estimate of drug-likeness (QED) is 0.441. The number of amides is 2. The van der Waals surface area contributed by atoms with Crippen LogP contribution in [0.1, 0.15) is 13.8 Å². The van der Waals surface area contributed by atoms with Gasteiger partial charge in [0.05, 0.1) is 4.90 Å². The third-order valence-electron chi connectivity index (χ3n) is 3.82. The Labute approximate surface area is 169 Å². The summed E-state index contributed by atoms with van der Waals surface area (Å²) in [5.41, 5.74) is 5.21. The molecule has 0 unspecified atom stereocenters. The number of primary sulfonamides is 1. The fraction of sp³-hybridized carbons (Fsp3) is 0.250. The van der Waals surface area contributed by atoms with Crippen LogP contribution in [-0.2, 0) is 20.0 Å². The molecule has 13 heteroatoms.